The number of nitrogens with zero attached hydrogens (tertiary/aromatic N) is 2. The molecule has 2 aromatic rings. The SMILES string of the molecule is COc1cccc(C(=O)N2CCCN(C(=O)c3ccc(F)c(F)c3)CC2)c1. The lowest BCUT2D eigenvalue weighted by Gasteiger charge is -2.22. The summed E-state index contributed by atoms with van der Waals surface area (Å²) in [4.78, 5) is 28.5. The monoisotopic (exact) mass is 374 g/mol. The molecule has 0 unspecified atom stereocenters. The molecule has 142 valence electrons. The summed E-state index contributed by atoms with van der Waals surface area (Å²) in [6.45, 7) is 1.65. The zero-order valence-corrected chi connectivity index (χ0v) is 15.0. The van der Waals surface area contributed by atoms with Gasteiger partial charge in [0.05, 0.1) is 7.11 Å². The van der Waals surface area contributed by atoms with Crippen LogP contribution in [0.15, 0.2) is 42.5 Å². The highest BCUT2D eigenvalue weighted by atomic mass is 19.2. The number of methoxy groups -OCH3 is 1. The molecule has 0 aromatic heterocycles. The molecular formula is C20H20F2N2O3. The molecule has 2 aromatic carbocycles. The highest BCUT2D eigenvalue weighted by Crippen LogP contribution is 2.17. The first kappa shape index (κ1) is 18.8. The number of carbonyl (C=O) groups is 2. The molecular weight excluding hydrogens is 354 g/mol. The van der Waals surface area contributed by atoms with Crippen molar-refractivity contribution >= 4 is 11.8 Å². The third kappa shape index (κ3) is 4.24. The van der Waals surface area contributed by atoms with E-state index in [1.807, 2.05) is 0 Å². The first-order valence-electron chi connectivity index (χ1n) is 8.67. The lowest BCUT2D eigenvalue weighted by Crippen LogP contribution is -2.37. The van der Waals surface area contributed by atoms with Crippen molar-refractivity contribution in [2.45, 2.75) is 6.42 Å². The highest BCUT2D eigenvalue weighted by Gasteiger charge is 2.24. The average molecular weight is 374 g/mol. The first-order valence-corrected chi connectivity index (χ1v) is 8.67. The van der Waals surface area contributed by atoms with Gasteiger partial charge in [-0.05, 0) is 42.8 Å². The third-order valence-electron chi connectivity index (χ3n) is 4.55. The molecule has 1 heterocycles. The van der Waals surface area contributed by atoms with Crippen LogP contribution in [0.1, 0.15) is 27.1 Å². The number of carbonyl (C=O) groups excluding carboxylic acids is 2. The zero-order valence-electron chi connectivity index (χ0n) is 15.0. The second kappa shape index (κ2) is 8.16. The Balaban J connectivity index is 1.68. The molecule has 7 heteroatoms. The summed E-state index contributed by atoms with van der Waals surface area (Å²) in [5.41, 5.74) is 0.621. The molecule has 1 fully saturated rings. The first-order chi connectivity index (χ1) is 13.0. The van der Waals surface area contributed by atoms with Crippen LogP contribution in [0.3, 0.4) is 0 Å². The largest absolute Gasteiger partial charge is 0.497 e. The van der Waals surface area contributed by atoms with Crippen LogP contribution in [-0.4, -0.2) is 54.9 Å². The van der Waals surface area contributed by atoms with Crippen molar-refractivity contribution in [1.29, 1.82) is 0 Å². The van der Waals surface area contributed by atoms with Crippen molar-refractivity contribution < 1.29 is 23.1 Å². The smallest absolute Gasteiger partial charge is 0.254 e. The van der Waals surface area contributed by atoms with E-state index in [1.54, 1.807) is 34.1 Å². The van der Waals surface area contributed by atoms with Crippen LogP contribution >= 0.6 is 0 Å². The fourth-order valence-corrected chi connectivity index (χ4v) is 3.07. The summed E-state index contributed by atoms with van der Waals surface area (Å²) in [6.07, 6.45) is 0.602. The van der Waals surface area contributed by atoms with E-state index in [-0.39, 0.29) is 17.4 Å². The van der Waals surface area contributed by atoms with E-state index >= 15 is 0 Å². The van der Waals surface area contributed by atoms with E-state index < -0.39 is 11.6 Å². The van der Waals surface area contributed by atoms with Gasteiger partial charge in [0.2, 0.25) is 0 Å². The predicted molar refractivity (Wildman–Crippen MR) is 95.8 cm³/mol. The van der Waals surface area contributed by atoms with Gasteiger partial charge in [0.25, 0.3) is 11.8 Å². The molecule has 1 saturated heterocycles. The van der Waals surface area contributed by atoms with Crippen molar-refractivity contribution in [2.75, 3.05) is 33.3 Å². The van der Waals surface area contributed by atoms with E-state index in [1.165, 1.54) is 13.2 Å². The van der Waals surface area contributed by atoms with Crippen molar-refractivity contribution in [3.05, 3.63) is 65.2 Å². The standard InChI is InChI=1S/C20H20F2N2O3/c1-27-16-5-2-4-14(12-16)19(25)23-8-3-9-24(11-10-23)20(26)15-6-7-17(21)18(22)13-15/h2,4-7,12-13H,3,8-11H2,1H3. The van der Waals surface area contributed by atoms with Gasteiger partial charge in [-0.15, -0.1) is 0 Å². The lowest BCUT2D eigenvalue weighted by atomic mass is 10.2. The molecule has 27 heavy (non-hydrogen) atoms. The van der Waals surface area contributed by atoms with Gasteiger partial charge in [0.1, 0.15) is 5.75 Å². The molecule has 0 spiro atoms. The van der Waals surface area contributed by atoms with Crippen molar-refractivity contribution in [2.24, 2.45) is 0 Å². The summed E-state index contributed by atoms with van der Waals surface area (Å²) in [5, 5.41) is 0. The maximum absolute atomic E-state index is 13.4. The number of halogens is 2. The number of ether oxygens (including phenoxy) is 1. The molecule has 0 N–H and O–H groups in total. The van der Waals surface area contributed by atoms with Crippen LogP contribution in [0.5, 0.6) is 5.75 Å². The van der Waals surface area contributed by atoms with E-state index in [2.05, 4.69) is 0 Å². The van der Waals surface area contributed by atoms with Gasteiger partial charge in [-0.25, -0.2) is 8.78 Å². The number of hydrogen-bond donors (Lipinski definition) is 0. The normalized spacial score (nSPS) is 14.6. The van der Waals surface area contributed by atoms with E-state index in [0.717, 1.165) is 12.1 Å². The molecule has 0 aliphatic carbocycles. The second-order valence-corrected chi connectivity index (χ2v) is 6.30. The molecule has 0 bridgehead atoms. The topological polar surface area (TPSA) is 49.9 Å². The van der Waals surface area contributed by atoms with Gasteiger partial charge in [-0.3, -0.25) is 9.59 Å². The van der Waals surface area contributed by atoms with Crippen LogP contribution in [-0.2, 0) is 0 Å². The second-order valence-electron chi connectivity index (χ2n) is 6.30. The van der Waals surface area contributed by atoms with Crippen LogP contribution in [0.4, 0.5) is 8.78 Å². The Morgan fingerprint density at radius 2 is 1.48 bits per heavy atom. The van der Waals surface area contributed by atoms with Gasteiger partial charge >= 0.3 is 0 Å². The van der Waals surface area contributed by atoms with Crippen molar-refractivity contribution in [1.82, 2.24) is 9.80 Å². The van der Waals surface area contributed by atoms with Gasteiger partial charge in [-0.1, -0.05) is 6.07 Å². The molecule has 5 nitrogen and oxygen atoms in total. The number of amides is 2. The summed E-state index contributed by atoms with van der Waals surface area (Å²) < 4.78 is 31.6. The minimum Gasteiger partial charge on any atom is -0.497 e. The molecule has 0 radical (unpaired) electrons. The van der Waals surface area contributed by atoms with Gasteiger partial charge < -0.3 is 14.5 Å². The van der Waals surface area contributed by atoms with Crippen LogP contribution in [0.2, 0.25) is 0 Å². The molecule has 0 atom stereocenters. The van der Waals surface area contributed by atoms with Crippen LogP contribution < -0.4 is 4.74 Å². The van der Waals surface area contributed by atoms with E-state index in [4.69, 9.17) is 4.74 Å². The van der Waals surface area contributed by atoms with Crippen molar-refractivity contribution in [3.63, 3.8) is 0 Å². The fourth-order valence-electron chi connectivity index (χ4n) is 3.07. The van der Waals surface area contributed by atoms with E-state index in [9.17, 15) is 18.4 Å². The molecule has 1 aliphatic rings. The minimum atomic E-state index is -1.05. The van der Waals surface area contributed by atoms with E-state index in [0.29, 0.717) is 43.9 Å². The third-order valence-corrected chi connectivity index (χ3v) is 4.55. The Morgan fingerprint density at radius 1 is 0.852 bits per heavy atom. The summed E-state index contributed by atoms with van der Waals surface area (Å²) in [7, 11) is 1.54. The van der Waals surface area contributed by atoms with Crippen LogP contribution in [0.25, 0.3) is 0 Å². The number of benzene rings is 2. The maximum atomic E-state index is 13.4. The quantitative estimate of drug-likeness (QED) is 0.830. The lowest BCUT2D eigenvalue weighted by molar-refractivity contribution is 0.0718. The Bertz CT molecular complexity index is 857. The maximum Gasteiger partial charge on any atom is 0.254 e. The Kier molecular flexibility index (Phi) is 5.69. The van der Waals surface area contributed by atoms with Crippen LogP contribution in [0, 0.1) is 11.6 Å². The van der Waals surface area contributed by atoms with Gasteiger partial charge in [0.15, 0.2) is 11.6 Å². The molecule has 0 saturated carbocycles. The molecule has 1 aliphatic heterocycles. The summed E-state index contributed by atoms with van der Waals surface area (Å²) >= 11 is 0. The predicted octanol–water partition coefficient (Wildman–Crippen LogP) is 2.96. The van der Waals surface area contributed by atoms with Gasteiger partial charge in [0, 0.05) is 37.3 Å². The Labute approximate surface area is 156 Å². The molecule has 3 rings (SSSR count). The summed E-state index contributed by atoms with van der Waals surface area (Å²) in [5.74, 6) is -1.94. The zero-order chi connectivity index (χ0) is 19.4. The number of rotatable bonds is 3. The summed E-state index contributed by atoms with van der Waals surface area (Å²) in [6, 6.07) is 10.0. The fraction of sp³-hybridized carbons (Fsp3) is 0.300. The highest BCUT2D eigenvalue weighted by molar-refractivity contribution is 5.95. The van der Waals surface area contributed by atoms with Crippen molar-refractivity contribution in [3.8, 4) is 5.75 Å². The molecule has 2 amide bonds. The Hall–Kier alpha value is -2.96. The Morgan fingerprint density at radius 3 is 2.07 bits per heavy atom. The number of hydrogen-bond acceptors (Lipinski definition) is 3. The average Bonchev–Trinajstić information content (AvgIpc) is 2.95. The minimum absolute atomic E-state index is 0.0986. The van der Waals surface area contributed by atoms with Gasteiger partial charge in [-0.2, -0.15) is 0 Å².